The van der Waals surface area contributed by atoms with Crippen molar-refractivity contribution in [2.24, 2.45) is 5.73 Å². The van der Waals surface area contributed by atoms with E-state index in [1.165, 1.54) is 50.7 Å². The van der Waals surface area contributed by atoms with Gasteiger partial charge in [0.15, 0.2) is 0 Å². The van der Waals surface area contributed by atoms with Crippen LogP contribution in [0.2, 0.25) is 0 Å². The normalized spacial score (nSPS) is 12.4. The molecule has 2 N–H and O–H groups in total. The fourth-order valence-electron chi connectivity index (χ4n) is 2.47. The molecule has 2 nitrogen and oxygen atoms in total. The highest BCUT2D eigenvalue weighted by Gasteiger charge is 2.12. The summed E-state index contributed by atoms with van der Waals surface area (Å²) in [7, 11) is 1.59. The third kappa shape index (κ3) is 5.91. The SMILES string of the molecule is CCCCCCCCCC(N)c1cc(F)ccc1OC. The summed E-state index contributed by atoms with van der Waals surface area (Å²) >= 11 is 0. The van der Waals surface area contributed by atoms with Crippen molar-refractivity contribution >= 4 is 0 Å². The molecule has 0 aliphatic heterocycles. The van der Waals surface area contributed by atoms with Gasteiger partial charge in [-0.25, -0.2) is 4.39 Å². The van der Waals surface area contributed by atoms with Crippen molar-refractivity contribution < 1.29 is 9.13 Å². The van der Waals surface area contributed by atoms with Crippen LogP contribution in [0.5, 0.6) is 5.75 Å². The lowest BCUT2D eigenvalue weighted by molar-refractivity contribution is 0.401. The van der Waals surface area contributed by atoms with Crippen LogP contribution in [0.15, 0.2) is 18.2 Å². The van der Waals surface area contributed by atoms with Crippen LogP contribution in [-0.2, 0) is 0 Å². The standard InChI is InChI=1S/C17H28FNO/c1-3-4-5-6-7-8-9-10-16(19)15-13-14(18)11-12-17(15)20-2/h11-13,16H,3-10,19H2,1-2H3. The van der Waals surface area contributed by atoms with Gasteiger partial charge in [-0.2, -0.15) is 0 Å². The Morgan fingerprint density at radius 2 is 1.75 bits per heavy atom. The molecule has 0 fully saturated rings. The quantitative estimate of drug-likeness (QED) is 0.614. The predicted molar refractivity (Wildman–Crippen MR) is 82.5 cm³/mol. The largest absolute Gasteiger partial charge is 0.496 e. The number of unbranched alkanes of at least 4 members (excludes halogenated alkanes) is 6. The van der Waals surface area contributed by atoms with Crippen LogP contribution in [0.25, 0.3) is 0 Å². The summed E-state index contributed by atoms with van der Waals surface area (Å²) in [6.45, 7) is 2.23. The van der Waals surface area contributed by atoms with Gasteiger partial charge in [0.05, 0.1) is 7.11 Å². The number of ether oxygens (including phenoxy) is 1. The fraction of sp³-hybridized carbons (Fsp3) is 0.647. The molecule has 0 aromatic heterocycles. The smallest absolute Gasteiger partial charge is 0.123 e. The predicted octanol–water partition coefficient (Wildman–Crippen LogP) is 4.97. The van der Waals surface area contributed by atoms with Crippen LogP contribution in [0.4, 0.5) is 4.39 Å². The molecule has 20 heavy (non-hydrogen) atoms. The van der Waals surface area contributed by atoms with Gasteiger partial charge in [-0.15, -0.1) is 0 Å². The molecule has 1 aromatic rings. The lowest BCUT2D eigenvalue weighted by Crippen LogP contribution is -2.12. The maximum atomic E-state index is 13.3. The lowest BCUT2D eigenvalue weighted by atomic mass is 9.99. The summed E-state index contributed by atoms with van der Waals surface area (Å²) in [5.41, 5.74) is 6.93. The Morgan fingerprint density at radius 3 is 2.40 bits per heavy atom. The van der Waals surface area contributed by atoms with E-state index in [2.05, 4.69) is 6.92 Å². The third-order valence-corrected chi connectivity index (χ3v) is 3.71. The van der Waals surface area contributed by atoms with Gasteiger partial charge in [-0.1, -0.05) is 51.9 Å². The number of rotatable bonds is 10. The Hall–Kier alpha value is -1.09. The lowest BCUT2D eigenvalue weighted by Gasteiger charge is -2.15. The van der Waals surface area contributed by atoms with Crippen molar-refractivity contribution in [3.05, 3.63) is 29.6 Å². The molecule has 0 spiro atoms. The topological polar surface area (TPSA) is 35.2 Å². The van der Waals surface area contributed by atoms with Gasteiger partial charge >= 0.3 is 0 Å². The second-order valence-electron chi connectivity index (χ2n) is 5.40. The van der Waals surface area contributed by atoms with Gasteiger partial charge in [0.2, 0.25) is 0 Å². The summed E-state index contributed by atoms with van der Waals surface area (Å²) in [5.74, 6) is 0.428. The van der Waals surface area contributed by atoms with Gasteiger partial charge in [0.1, 0.15) is 11.6 Å². The molecule has 0 bridgehead atoms. The molecule has 1 unspecified atom stereocenters. The van der Waals surface area contributed by atoms with E-state index < -0.39 is 0 Å². The summed E-state index contributed by atoms with van der Waals surface area (Å²) < 4.78 is 18.5. The van der Waals surface area contributed by atoms with E-state index in [1.807, 2.05) is 0 Å². The van der Waals surface area contributed by atoms with Crippen LogP contribution >= 0.6 is 0 Å². The zero-order valence-corrected chi connectivity index (χ0v) is 12.8. The van der Waals surface area contributed by atoms with E-state index >= 15 is 0 Å². The molecule has 114 valence electrons. The summed E-state index contributed by atoms with van der Waals surface area (Å²) in [4.78, 5) is 0. The average Bonchev–Trinajstić information content (AvgIpc) is 2.46. The van der Waals surface area contributed by atoms with Gasteiger partial charge in [-0.3, -0.25) is 0 Å². The maximum absolute atomic E-state index is 13.3. The van der Waals surface area contributed by atoms with E-state index in [4.69, 9.17) is 10.5 Å². The maximum Gasteiger partial charge on any atom is 0.123 e. The minimum Gasteiger partial charge on any atom is -0.496 e. The van der Waals surface area contributed by atoms with Gasteiger partial charge in [-0.05, 0) is 24.6 Å². The first-order valence-electron chi connectivity index (χ1n) is 7.78. The molecule has 0 saturated carbocycles. The van der Waals surface area contributed by atoms with E-state index in [1.54, 1.807) is 13.2 Å². The van der Waals surface area contributed by atoms with Crippen molar-refractivity contribution in [2.75, 3.05) is 7.11 Å². The molecule has 0 aliphatic carbocycles. The third-order valence-electron chi connectivity index (χ3n) is 3.71. The average molecular weight is 281 g/mol. The Labute approximate surface area is 122 Å². The molecule has 0 saturated heterocycles. The number of methoxy groups -OCH3 is 1. The zero-order chi connectivity index (χ0) is 14.8. The van der Waals surface area contributed by atoms with Crippen molar-refractivity contribution in [3.8, 4) is 5.75 Å². The highest BCUT2D eigenvalue weighted by Crippen LogP contribution is 2.27. The molecule has 0 heterocycles. The highest BCUT2D eigenvalue weighted by atomic mass is 19.1. The second-order valence-corrected chi connectivity index (χ2v) is 5.40. The van der Waals surface area contributed by atoms with Crippen LogP contribution in [-0.4, -0.2) is 7.11 Å². The Balaban J connectivity index is 2.32. The fourth-order valence-corrected chi connectivity index (χ4v) is 2.47. The zero-order valence-electron chi connectivity index (χ0n) is 12.8. The van der Waals surface area contributed by atoms with E-state index in [-0.39, 0.29) is 11.9 Å². The number of hydrogen-bond acceptors (Lipinski definition) is 2. The van der Waals surface area contributed by atoms with Crippen LogP contribution in [0.3, 0.4) is 0 Å². The van der Waals surface area contributed by atoms with Crippen LogP contribution < -0.4 is 10.5 Å². The minimum atomic E-state index is -0.254. The summed E-state index contributed by atoms with van der Waals surface area (Å²) in [5, 5.41) is 0. The molecule has 3 heteroatoms. The number of benzene rings is 1. The summed E-state index contributed by atoms with van der Waals surface area (Å²) in [6, 6.07) is 4.40. The monoisotopic (exact) mass is 281 g/mol. The van der Waals surface area contributed by atoms with E-state index in [9.17, 15) is 4.39 Å². The summed E-state index contributed by atoms with van der Waals surface area (Å²) in [6.07, 6.45) is 9.71. The second kappa shape index (κ2) is 9.76. The molecule has 0 amide bonds. The van der Waals surface area contributed by atoms with E-state index in [0.29, 0.717) is 5.75 Å². The van der Waals surface area contributed by atoms with Crippen molar-refractivity contribution in [1.29, 1.82) is 0 Å². The molecular weight excluding hydrogens is 253 g/mol. The Morgan fingerprint density at radius 1 is 1.10 bits per heavy atom. The van der Waals surface area contributed by atoms with Crippen molar-refractivity contribution in [1.82, 2.24) is 0 Å². The van der Waals surface area contributed by atoms with Crippen molar-refractivity contribution in [2.45, 2.75) is 64.3 Å². The van der Waals surface area contributed by atoms with Gasteiger partial charge in [0, 0.05) is 11.6 Å². The van der Waals surface area contributed by atoms with E-state index in [0.717, 1.165) is 18.4 Å². The minimum absolute atomic E-state index is 0.142. The van der Waals surface area contributed by atoms with Crippen LogP contribution in [0, 0.1) is 5.82 Å². The molecule has 1 rings (SSSR count). The van der Waals surface area contributed by atoms with Gasteiger partial charge in [0.25, 0.3) is 0 Å². The molecule has 1 atom stereocenters. The first kappa shape index (κ1) is 17.0. The molecular formula is C17H28FNO. The number of hydrogen-bond donors (Lipinski definition) is 1. The first-order valence-corrected chi connectivity index (χ1v) is 7.78. The van der Waals surface area contributed by atoms with Gasteiger partial charge < -0.3 is 10.5 Å². The number of halogens is 1. The molecule has 0 radical (unpaired) electrons. The first-order chi connectivity index (χ1) is 9.69. The van der Waals surface area contributed by atoms with Crippen LogP contribution in [0.1, 0.15) is 69.9 Å². The molecule has 1 aromatic carbocycles. The van der Waals surface area contributed by atoms with Crippen molar-refractivity contribution in [3.63, 3.8) is 0 Å². The molecule has 0 aliphatic rings. The highest BCUT2D eigenvalue weighted by molar-refractivity contribution is 5.36. The number of nitrogens with two attached hydrogens (primary N) is 1. The Kier molecular flexibility index (Phi) is 8.28. The Bertz CT molecular complexity index is 381.